The number of aryl methyl sites for hydroxylation is 1. The topological polar surface area (TPSA) is 64.6 Å². The quantitative estimate of drug-likeness (QED) is 0.647. The summed E-state index contributed by atoms with van der Waals surface area (Å²) in [5.74, 6) is -0.765. The van der Waals surface area contributed by atoms with E-state index >= 15 is 0 Å². The molecule has 0 unspecified atom stereocenters. The summed E-state index contributed by atoms with van der Waals surface area (Å²) in [4.78, 5) is 25.1. The van der Waals surface area contributed by atoms with E-state index in [9.17, 15) is 9.59 Å². The predicted octanol–water partition coefficient (Wildman–Crippen LogP) is 4.05. The molecule has 0 aliphatic carbocycles. The highest BCUT2D eigenvalue weighted by atomic mass is 16.6. The van der Waals surface area contributed by atoms with Crippen molar-refractivity contribution in [2.75, 3.05) is 0 Å². The van der Waals surface area contributed by atoms with E-state index < -0.39 is 23.7 Å². The Hall–Kier alpha value is -2.66. The maximum Gasteiger partial charge on any atom is 0.323 e. The molecule has 0 bridgehead atoms. The van der Waals surface area contributed by atoms with Gasteiger partial charge >= 0.3 is 11.9 Å². The Balaban J connectivity index is 2.01. The van der Waals surface area contributed by atoms with Crippen molar-refractivity contribution in [3.8, 4) is 0 Å². The van der Waals surface area contributed by atoms with Gasteiger partial charge in [-0.1, -0.05) is 60.7 Å². The largest absolute Gasteiger partial charge is 0.460 e. The standard InChI is InChI=1S/C24H31NO4/c1-18(22(26)29-24(2,3)4)25-21(16-15-19-11-7-5-8-12-19)23(27)28-17-20-13-9-6-10-14-20/h5-14,18,21,25H,15-17H2,1-4H3/t18-,21+/m0/s1. The average molecular weight is 398 g/mol. The van der Waals surface area contributed by atoms with Gasteiger partial charge in [0.1, 0.15) is 24.3 Å². The smallest absolute Gasteiger partial charge is 0.323 e. The van der Waals surface area contributed by atoms with Crippen molar-refractivity contribution >= 4 is 11.9 Å². The number of hydrogen-bond acceptors (Lipinski definition) is 5. The minimum Gasteiger partial charge on any atom is -0.460 e. The van der Waals surface area contributed by atoms with Gasteiger partial charge in [0, 0.05) is 0 Å². The van der Waals surface area contributed by atoms with Crippen LogP contribution in [0.5, 0.6) is 0 Å². The molecule has 0 aliphatic rings. The number of benzene rings is 2. The van der Waals surface area contributed by atoms with Gasteiger partial charge in [0.05, 0.1) is 0 Å². The van der Waals surface area contributed by atoms with Crippen LogP contribution < -0.4 is 5.32 Å². The van der Waals surface area contributed by atoms with Crippen molar-refractivity contribution in [2.45, 2.75) is 64.8 Å². The summed E-state index contributed by atoms with van der Waals surface area (Å²) >= 11 is 0. The van der Waals surface area contributed by atoms with E-state index in [0.29, 0.717) is 12.8 Å². The molecule has 2 aromatic rings. The molecule has 29 heavy (non-hydrogen) atoms. The molecule has 0 spiro atoms. The number of hydrogen-bond donors (Lipinski definition) is 1. The molecule has 0 saturated heterocycles. The third-order valence-corrected chi connectivity index (χ3v) is 4.28. The van der Waals surface area contributed by atoms with Gasteiger partial charge in [-0.2, -0.15) is 0 Å². The molecule has 0 aliphatic heterocycles. The van der Waals surface area contributed by atoms with Gasteiger partial charge in [0.2, 0.25) is 0 Å². The third-order valence-electron chi connectivity index (χ3n) is 4.28. The summed E-state index contributed by atoms with van der Waals surface area (Å²) < 4.78 is 10.9. The summed E-state index contributed by atoms with van der Waals surface area (Å²) in [6.45, 7) is 7.36. The zero-order valence-corrected chi connectivity index (χ0v) is 17.7. The number of ether oxygens (including phenoxy) is 2. The first-order valence-electron chi connectivity index (χ1n) is 9.98. The number of esters is 2. The van der Waals surface area contributed by atoms with E-state index in [0.717, 1.165) is 11.1 Å². The van der Waals surface area contributed by atoms with Crippen LogP contribution in [0.2, 0.25) is 0 Å². The molecule has 1 N–H and O–H groups in total. The Morgan fingerprint density at radius 2 is 1.45 bits per heavy atom. The normalized spacial score (nSPS) is 13.4. The molecule has 0 heterocycles. The van der Waals surface area contributed by atoms with Crippen LogP contribution in [-0.4, -0.2) is 29.6 Å². The van der Waals surface area contributed by atoms with Gasteiger partial charge in [-0.25, -0.2) is 0 Å². The minimum atomic E-state index is -0.626. The highest BCUT2D eigenvalue weighted by Crippen LogP contribution is 2.12. The Morgan fingerprint density at radius 3 is 2.00 bits per heavy atom. The van der Waals surface area contributed by atoms with Crippen LogP contribution in [0.1, 0.15) is 45.2 Å². The molecule has 0 amide bonds. The fourth-order valence-electron chi connectivity index (χ4n) is 2.81. The van der Waals surface area contributed by atoms with E-state index in [4.69, 9.17) is 9.47 Å². The maximum atomic E-state index is 12.7. The Bertz CT molecular complexity index is 768. The fraction of sp³-hybridized carbons (Fsp3) is 0.417. The Kier molecular flexibility index (Phi) is 8.40. The first-order valence-corrected chi connectivity index (χ1v) is 9.98. The first kappa shape index (κ1) is 22.6. The lowest BCUT2D eigenvalue weighted by molar-refractivity contribution is -0.158. The molecule has 2 rings (SSSR count). The molecular weight excluding hydrogens is 366 g/mol. The second-order valence-electron chi connectivity index (χ2n) is 8.09. The molecule has 0 radical (unpaired) electrons. The summed E-state index contributed by atoms with van der Waals surface area (Å²) in [6.07, 6.45) is 1.21. The first-order chi connectivity index (χ1) is 13.7. The molecule has 0 saturated carbocycles. The number of nitrogens with one attached hydrogen (secondary N) is 1. The van der Waals surface area contributed by atoms with Gasteiger partial charge in [0.15, 0.2) is 0 Å². The lowest BCUT2D eigenvalue weighted by atomic mass is 10.0. The van der Waals surface area contributed by atoms with Crippen LogP contribution in [0.15, 0.2) is 60.7 Å². The molecule has 5 heteroatoms. The molecule has 0 aromatic heterocycles. The Morgan fingerprint density at radius 1 is 0.897 bits per heavy atom. The molecule has 2 atom stereocenters. The number of carbonyl (C=O) groups is 2. The number of rotatable bonds is 9. The van der Waals surface area contributed by atoms with Gasteiger partial charge in [-0.05, 0) is 51.7 Å². The van der Waals surface area contributed by atoms with Crippen LogP contribution in [0, 0.1) is 0 Å². The van der Waals surface area contributed by atoms with Crippen LogP contribution in [0.4, 0.5) is 0 Å². The molecule has 2 aromatic carbocycles. The third kappa shape index (κ3) is 8.48. The zero-order chi connectivity index (χ0) is 21.3. The highest BCUT2D eigenvalue weighted by molar-refractivity contribution is 5.79. The number of carbonyl (C=O) groups excluding carboxylic acids is 2. The van der Waals surface area contributed by atoms with Crippen molar-refractivity contribution in [1.29, 1.82) is 0 Å². The van der Waals surface area contributed by atoms with Gasteiger partial charge in [-0.3, -0.25) is 14.9 Å². The second-order valence-corrected chi connectivity index (χ2v) is 8.09. The van der Waals surface area contributed by atoms with Crippen molar-refractivity contribution in [2.24, 2.45) is 0 Å². The SMILES string of the molecule is C[C@H](N[C@H](CCc1ccccc1)C(=O)OCc1ccccc1)C(=O)OC(C)(C)C. The van der Waals surface area contributed by atoms with E-state index in [1.807, 2.05) is 81.4 Å². The van der Waals surface area contributed by atoms with E-state index in [2.05, 4.69) is 5.32 Å². The molecule has 5 nitrogen and oxygen atoms in total. The zero-order valence-electron chi connectivity index (χ0n) is 17.7. The van der Waals surface area contributed by atoms with Crippen LogP contribution in [0.3, 0.4) is 0 Å². The molecule has 0 fully saturated rings. The Labute approximate surface area is 173 Å². The predicted molar refractivity (Wildman–Crippen MR) is 113 cm³/mol. The molecular formula is C24H31NO4. The van der Waals surface area contributed by atoms with Crippen molar-refractivity contribution in [3.05, 3.63) is 71.8 Å². The van der Waals surface area contributed by atoms with Gasteiger partial charge in [-0.15, -0.1) is 0 Å². The van der Waals surface area contributed by atoms with Crippen LogP contribution >= 0.6 is 0 Å². The molecule has 156 valence electrons. The summed E-state index contributed by atoms with van der Waals surface area (Å²) in [7, 11) is 0. The second kappa shape index (κ2) is 10.8. The van der Waals surface area contributed by atoms with Gasteiger partial charge in [0.25, 0.3) is 0 Å². The lowest BCUT2D eigenvalue weighted by Gasteiger charge is -2.25. The van der Waals surface area contributed by atoms with Crippen molar-refractivity contribution < 1.29 is 19.1 Å². The fourth-order valence-corrected chi connectivity index (χ4v) is 2.81. The maximum absolute atomic E-state index is 12.7. The van der Waals surface area contributed by atoms with Gasteiger partial charge < -0.3 is 9.47 Å². The summed E-state index contributed by atoms with van der Waals surface area (Å²) in [5, 5.41) is 3.10. The monoisotopic (exact) mass is 397 g/mol. The lowest BCUT2D eigenvalue weighted by Crippen LogP contribution is -2.48. The van der Waals surface area contributed by atoms with E-state index in [-0.39, 0.29) is 12.6 Å². The minimum absolute atomic E-state index is 0.198. The van der Waals surface area contributed by atoms with E-state index in [1.54, 1.807) is 6.92 Å². The van der Waals surface area contributed by atoms with Crippen LogP contribution in [0.25, 0.3) is 0 Å². The van der Waals surface area contributed by atoms with Crippen molar-refractivity contribution in [1.82, 2.24) is 5.32 Å². The van der Waals surface area contributed by atoms with Crippen LogP contribution in [-0.2, 0) is 32.1 Å². The average Bonchev–Trinajstić information content (AvgIpc) is 2.69. The van der Waals surface area contributed by atoms with E-state index in [1.165, 1.54) is 0 Å². The summed E-state index contributed by atoms with van der Waals surface area (Å²) in [5.41, 5.74) is 1.46. The summed E-state index contributed by atoms with van der Waals surface area (Å²) in [6, 6.07) is 18.2. The highest BCUT2D eigenvalue weighted by Gasteiger charge is 2.27. The van der Waals surface area contributed by atoms with Crippen molar-refractivity contribution in [3.63, 3.8) is 0 Å².